The average molecular weight is 322 g/mol. The van der Waals surface area contributed by atoms with Gasteiger partial charge in [-0.1, -0.05) is 30.3 Å². The van der Waals surface area contributed by atoms with Gasteiger partial charge in [-0.05, 0) is 36.3 Å². The number of nitrogens with zero attached hydrogens (tertiary/aromatic N) is 1. The van der Waals surface area contributed by atoms with Gasteiger partial charge in [-0.3, -0.25) is 4.79 Å². The van der Waals surface area contributed by atoms with E-state index in [0.29, 0.717) is 28.6 Å². The van der Waals surface area contributed by atoms with Crippen molar-refractivity contribution in [2.24, 2.45) is 4.99 Å². The molecule has 0 aliphatic carbocycles. The number of aliphatic imine (C=N–C) groups is 1. The first-order valence-electron chi connectivity index (χ1n) is 7.52. The van der Waals surface area contributed by atoms with E-state index in [0.717, 1.165) is 11.1 Å². The van der Waals surface area contributed by atoms with E-state index in [-0.39, 0.29) is 5.91 Å². The second-order valence-electron chi connectivity index (χ2n) is 5.34. The quantitative estimate of drug-likeness (QED) is 0.881. The second-order valence-corrected chi connectivity index (χ2v) is 5.34. The van der Waals surface area contributed by atoms with E-state index in [4.69, 9.17) is 9.47 Å². The number of aryl methyl sites for hydroxylation is 1. The van der Waals surface area contributed by atoms with Crippen molar-refractivity contribution in [1.29, 1.82) is 0 Å². The highest BCUT2D eigenvalue weighted by atomic mass is 16.5. The van der Waals surface area contributed by atoms with Crippen molar-refractivity contribution >= 4 is 17.8 Å². The summed E-state index contributed by atoms with van der Waals surface area (Å²) in [6.07, 6.45) is 1.78. The van der Waals surface area contributed by atoms with Crippen molar-refractivity contribution in [2.45, 2.75) is 6.92 Å². The van der Waals surface area contributed by atoms with Gasteiger partial charge in [0, 0.05) is 0 Å². The zero-order chi connectivity index (χ0) is 17.1. The molecular weight excluding hydrogens is 304 g/mol. The first-order valence-corrected chi connectivity index (χ1v) is 7.52. The van der Waals surface area contributed by atoms with Gasteiger partial charge in [0.05, 0.1) is 14.2 Å². The van der Waals surface area contributed by atoms with Crippen LogP contribution in [0.4, 0.5) is 0 Å². The van der Waals surface area contributed by atoms with Crippen LogP contribution in [0.1, 0.15) is 16.7 Å². The van der Waals surface area contributed by atoms with Gasteiger partial charge >= 0.3 is 0 Å². The van der Waals surface area contributed by atoms with Crippen molar-refractivity contribution in [3.8, 4) is 11.5 Å². The minimum absolute atomic E-state index is 0.249. The molecule has 3 rings (SSSR count). The topological polar surface area (TPSA) is 59.9 Å². The second kappa shape index (κ2) is 6.58. The zero-order valence-corrected chi connectivity index (χ0v) is 13.8. The minimum atomic E-state index is -0.249. The molecule has 1 aliphatic rings. The molecule has 0 radical (unpaired) electrons. The van der Waals surface area contributed by atoms with Crippen LogP contribution in [0.25, 0.3) is 6.08 Å². The van der Waals surface area contributed by atoms with E-state index in [2.05, 4.69) is 10.3 Å². The van der Waals surface area contributed by atoms with Crippen molar-refractivity contribution in [1.82, 2.24) is 5.32 Å². The third-order valence-corrected chi connectivity index (χ3v) is 3.84. The Kier molecular flexibility index (Phi) is 4.33. The molecule has 0 saturated heterocycles. The third kappa shape index (κ3) is 2.88. The van der Waals surface area contributed by atoms with Gasteiger partial charge in [0.15, 0.2) is 0 Å². The van der Waals surface area contributed by atoms with Gasteiger partial charge in [0.1, 0.15) is 28.6 Å². The number of amides is 1. The molecule has 24 heavy (non-hydrogen) atoms. The van der Waals surface area contributed by atoms with E-state index >= 15 is 0 Å². The Morgan fingerprint density at radius 2 is 1.67 bits per heavy atom. The number of benzene rings is 2. The average Bonchev–Trinajstić information content (AvgIpc) is 2.96. The fourth-order valence-electron chi connectivity index (χ4n) is 2.57. The first kappa shape index (κ1) is 15.8. The highest BCUT2D eigenvalue weighted by Crippen LogP contribution is 2.30. The summed E-state index contributed by atoms with van der Waals surface area (Å²) in [5.41, 5.74) is 3.02. The van der Waals surface area contributed by atoms with E-state index in [1.54, 1.807) is 32.4 Å². The van der Waals surface area contributed by atoms with Crippen LogP contribution in [0.15, 0.2) is 53.2 Å². The summed E-state index contributed by atoms with van der Waals surface area (Å²) in [5.74, 6) is 1.35. The van der Waals surface area contributed by atoms with Crippen LogP contribution in [0.3, 0.4) is 0 Å². The lowest BCUT2D eigenvalue weighted by Crippen LogP contribution is -2.25. The van der Waals surface area contributed by atoms with Gasteiger partial charge < -0.3 is 14.8 Å². The van der Waals surface area contributed by atoms with E-state index in [9.17, 15) is 4.79 Å². The van der Waals surface area contributed by atoms with Gasteiger partial charge in [-0.15, -0.1) is 0 Å². The van der Waals surface area contributed by atoms with Crippen molar-refractivity contribution < 1.29 is 14.3 Å². The summed E-state index contributed by atoms with van der Waals surface area (Å²) < 4.78 is 10.8. The molecule has 5 heteroatoms. The summed E-state index contributed by atoms with van der Waals surface area (Å²) in [6, 6.07) is 13.3. The predicted octanol–water partition coefficient (Wildman–Crippen LogP) is 2.93. The van der Waals surface area contributed by atoms with Crippen LogP contribution in [-0.4, -0.2) is 26.0 Å². The molecule has 2 aromatic rings. The van der Waals surface area contributed by atoms with Gasteiger partial charge in [0.2, 0.25) is 0 Å². The number of carbonyl (C=O) groups is 1. The lowest BCUT2D eigenvalue weighted by molar-refractivity contribution is -0.115. The summed E-state index contributed by atoms with van der Waals surface area (Å²) in [6.45, 7) is 1.99. The molecule has 1 amide bonds. The number of nitrogens with one attached hydrogen (secondary N) is 1. The molecule has 0 aromatic heterocycles. The zero-order valence-electron chi connectivity index (χ0n) is 13.8. The Balaban J connectivity index is 2.06. The monoisotopic (exact) mass is 322 g/mol. The number of methoxy groups -OCH3 is 2. The Labute approximate surface area is 140 Å². The standard InChI is InChI=1S/C19H18N2O3/c1-12-7-4-5-8-13(12)11-14-19(22)21-18(20-14)17-15(23-2)9-6-10-16(17)24-3/h4-11H,1-3H3,(H,20,21,22)/b14-11-. The molecule has 0 spiro atoms. The maximum absolute atomic E-state index is 12.3. The minimum Gasteiger partial charge on any atom is -0.496 e. The molecule has 0 atom stereocenters. The predicted molar refractivity (Wildman–Crippen MR) is 93.4 cm³/mol. The molecule has 0 fully saturated rings. The fraction of sp³-hybridized carbons (Fsp3) is 0.158. The number of amidine groups is 1. The summed E-state index contributed by atoms with van der Waals surface area (Å²) in [7, 11) is 3.14. The smallest absolute Gasteiger partial charge is 0.275 e. The lowest BCUT2D eigenvalue weighted by Gasteiger charge is -2.12. The Morgan fingerprint density at radius 3 is 2.29 bits per heavy atom. The number of rotatable bonds is 4. The van der Waals surface area contributed by atoms with Gasteiger partial charge in [0.25, 0.3) is 5.91 Å². The number of hydrogen-bond donors (Lipinski definition) is 1. The number of carbonyl (C=O) groups excluding carboxylic acids is 1. The third-order valence-electron chi connectivity index (χ3n) is 3.84. The first-order chi connectivity index (χ1) is 11.6. The summed E-state index contributed by atoms with van der Waals surface area (Å²) in [5, 5.41) is 2.79. The molecule has 0 saturated carbocycles. The normalized spacial score (nSPS) is 15.2. The fourth-order valence-corrected chi connectivity index (χ4v) is 2.57. The molecule has 0 bridgehead atoms. The summed E-state index contributed by atoms with van der Waals surface area (Å²) >= 11 is 0. The maximum atomic E-state index is 12.3. The van der Waals surface area contributed by atoms with Crippen LogP contribution < -0.4 is 14.8 Å². The van der Waals surface area contributed by atoms with Crippen LogP contribution in [0, 0.1) is 6.92 Å². The van der Waals surface area contributed by atoms with Crippen molar-refractivity contribution in [2.75, 3.05) is 14.2 Å². The molecule has 1 N–H and O–H groups in total. The largest absolute Gasteiger partial charge is 0.496 e. The molecule has 1 heterocycles. The number of ether oxygens (including phenoxy) is 2. The van der Waals surface area contributed by atoms with Crippen LogP contribution in [-0.2, 0) is 4.79 Å². The molecule has 0 unspecified atom stereocenters. The highest BCUT2D eigenvalue weighted by Gasteiger charge is 2.26. The molecule has 122 valence electrons. The molecule has 2 aromatic carbocycles. The molecule has 5 nitrogen and oxygen atoms in total. The Hall–Kier alpha value is -3.08. The lowest BCUT2D eigenvalue weighted by atomic mass is 10.1. The Morgan fingerprint density at radius 1 is 1.00 bits per heavy atom. The van der Waals surface area contributed by atoms with Gasteiger partial charge in [-0.2, -0.15) is 0 Å². The summed E-state index contributed by atoms with van der Waals surface area (Å²) in [4.78, 5) is 16.7. The SMILES string of the molecule is COc1cccc(OC)c1C1=N/C(=C\c2ccccc2C)C(=O)N1. The van der Waals surface area contributed by atoms with Gasteiger partial charge in [-0.25, -0.2) is 4.99 Å². The van der Waals surface area contributed by atoms with E-state index in [1.165, 1.54) is 0 Å². The van der Waals surface area contributed by atoms with E-state index < -0.39 is 0 Å². The van der Waals surface area contributed by atoms with Crippen molar-refractivity contribution in [3.63, 3.8) is 0 Å². The highest BCUT2D eigenvalue weighted by molar-refractivity contribution is 6.21. The maximum Gasteiger partial charge on any atom is 0.275 e. The van der Waals surface area contributed by atoms with E-state index in [1.807, 2.05) is 37.3 Å². The number of hydrogen-bond acceptors (Lipinski definition) is 4. The Bertz CT molecular complexity index is 831. The molecular formula is C19H18N2O3. The van der Waals surface area contributed by atoms with Crippen LogP contribution >= 0.6 is 0 Å². The van der Waals surface area contributed by atoms with Crippen molar-refractivity contribution in [3.05, 3.63) is 64.9 Å². The van der Waals surface area contributed by atoms with Crippen LogP contribution in [0.5, 0.6) is 11.5 Å². The van der Waals surface area contributed by atoms with Crippen LogP contribution in [0.2, 0.25) is 0 Å². The molecule has 1 aliphatic heterocycles.